The molecule has 0 aliphatic heterocycles. The Morgan fingerprint density at radius 3 is 2.47 bits per heavy atom. The maximum atomic E-state index is 12.4. The third-order valence-corrected chi connectivity index (χ3v) is 5.69. The number of nitrogens with zero attached hydrogens (tertiary/aromatic N) is 3. The zero-order chi connectivity index (χ0) is 22.3. The van der Waals surface area contributed by atoms with Crippen LogP contribution in [0.2, 0.25) is 0 Å². The van der Waals surface area contributed by atoms with E-state index in [-0.39, 0.29) is 12.3 Å². The van der Waals surface area contributed by atoms with Crippen LogP contribution < -0.4 is 11.1 Å². The van der Waals surface area contributed by atoms with Crippen LogP contribution in [0.25, 0.3) is 11.6 Å². The average Bonchev–Trinajstić information content (AvgIpc) is 3.47. The van der Waals surface area contributed by atoms with E-state index in [2.05, 4.69) is 15.5 Å². The van der Waals surface area contributed by atoms with Crippen molar-refractivity contribution in [3.05, 3.63) is 84.1 Å². The van der Waals surface area contributed by atoms with Crippen LogP contribution in [0.5, 0.6) is 0 Å². The van der Waals surface area contributed by atoms with Gasteiger partial charge < -0.3 is 15.5 Å². The van der Waals surface area contributed by atoms with Crippen molar-refractivity contribution in [1.82, 2.24) is 14.8 Å². The Balaban J connectivity index is 1.43. The highest BCUT2D eigenvalue weighted by molar-refractivity contribution is 7.98. The van der Waals surface area contributed by atoms with Gasteiger partial charge in [0.1, 0.15) is 0 Å². The van der Waals surface area contributed by atoms with E-state index in [1.807, 2.05) is 47.0 Å². The molecule has 0 atom stereocenters. The number of carbonyl (C=O) groups excluding carboxylic acids is 2. The lowest BCUT2D eigenvalue weighted by molar-refractivity contribution is -0.118. The fourth-order valence-electron chi connectivity index (χ4n) is 3.03. The number of benzene rings is 2. The lowest BCUT2D eigenvalue weighted by Crippen LogP contribution is -2.15. The van der Waals surface area contributed by atoms with Crippen molar-refractivity contribution in [2.45, 2.75) is 23.9 Å². The number of nitrogens with one attached hydrogen (secondary N) is 1. The molecule has 0 bridgehead atoms. The zero-order valence-electron chi connectivity index (χ0n) is 17.1. The van der Waals surface area contributed by atoms with Crippen LogP contribution in [-0.2, 0) is 17.1 Å². The highest BCUT2D eigenvalue weighted by Gasteiger charge is 2.17. The third kappa shape index (κ3) is 5.25. The molecule has 2 amide bonds. The van der Waals surface area contributed by atoms with Crippen LogP contribution in [0.15, 0.2) is 82.6 Å². The molecule has 0 spiro atoms. The van der Waals surface area contributed by atoms with Crippen LogP contribution in [0.3, 0.4) is 0 Å². The molecule has 4 aromatic rings. The summed E-state index contributed by atoms with van der Waals surface area (Å²) in [5, 5.41) is 12.0. The molecular weight excluding hydrogens is 426 g/mol. The van der Waals surface area contributed by atoms with Gasteiger partial charge in [-0.05, 0) is 42.0 Å². The predicted molar refractivity (Wildman–Crippen MR) is 122 cm³/mol. The topological polar surface area (TPSA) is 116 Å². The summed E-state index contributed by atoms with van der Waals surface area (Å²) in [6.07, 6.45) is 1.73. The molecule has 0 unspecified atom stereocenters. The molecule has 162 valence electrons. The highest BCUT2D eigenvalue weighted by atomic mass is 32.2. The fourth-order valence-corrected chi connectivity index (χ4v) is 3.95. The summed E-state index contributed by atoms with van der Waals surface area (Å²) in [5.74, 6) is 1.18. The monoisotopic (exact) mass is 447 g/mol. The van der Waals surface area contributed by atoms with E-state index in [4.69, 9.17) is 10.2 Å². The van der Waals surface area contributed by atoms with Crippen molar-refractivity contribution in [3.8, 4) is 11.6 Å². The first-order chi connectivity index (χ1) is 15.6. The number of carbonyl (C=O) groups is 2. The first kappa shape index (κ1) is 21.4. The van der Waals surface area contributed by atoms with Crippen LogP contribution in [0.4, 0.5) is 5.69 Å². The third-order valence-electron chi connectivity index (χ3n) is 4.66. The highest BCUT2D eigenvalue weighted by Crippen LogP contribution is 2.27. The maximum Gasteiger partial charge on any atom is 0.255 e. The molecule has 0 aliphatic rings. The Morgan fingerprint density at radius 2 is 1.78 bits per heavy atom. The number of aromatic nitrogens is 3. The molecule has 4 rings (SSSR count). The molecular formula is C23H21N5O3S. The molecule has 2 aromatic heterocycles. The molecule has 9 heteroatoms. The average molecular weight is 448 g/mol. The van der Waals surface area contributed by atoms with Crippen LogP contribution in [0, 0.1) is 0 Å². The van der Waals surface area contributed by atoms with Gasteiger partial charge in [-0.3, -0.25) is 14.2 Å². The number of anilines is 1. The first-order valence-electron chi connectivity index (χ1n) is 9.93. The SMILES string of the molecule is NC(=O)CCn1c(SCc2ccc(C(=O)Nc3ccccc3)cc2)nnc1-c1ccco1. The Kier molecular flexibility index (Phi) is 6.66. The van der Waals surface area contributed by atoms with Crippen molar-refractivity contribution in [1.29, 1.82) is 0 Å². The summed E-state index contributed by atoms with van der Waals surface area (Å²) in [5.41, 5.74) is 7.67. The van der Waals surface area contributed by atoms with Gasteiger partial charge in [0.05, 0.1) is 6.26 Å². The number of amides is 2. The quantitative estimate of drug-likeness (QED) is 0.375. The Morgan fingerprint density at radius 1 is 1.00 bits per heavy atom. The smallest absolute Gasteiger partial charge is 0.255 e. The number of para-hydroxylation sites is 1. The number of thioether (sulfide) groups is 1. The Bertz CT molecular complexity index is 1190. The summed E-state index contributed by atoms with van der Waals surface area (Å²) in [6, 6.07) is 20.3. The Labute approximate surface area is 188 Å². The van der Waals surface area contributed by atoms with Gasteiger partial charge in [0.15, 0.2) is 16.7 Å². The number of hydrogen-bond donors (Lipinski definition) is 2. The van der Waals surface area contributed by atoms with Gasteiger partial charge in [-0.2, -0.15) is 0 Å². The van der Waals surface area contributed by atoms with E-state index in [1.165, 1.54) is 11.8 Å². The molecule has 0 aliphatic carbocycles. The van der Waals surface area contributed by atoms with Gasteiger partial charge in [-0.25, -0.2) is 0 Å². The van der Waals surface area contributed by atoms with Gasteiger partial charge in [0.25, 0.3) is 5.91 Å². The van der Waals surface area contributed by atoms with Crippen molar-refractivity contribution in [2.75, 3.05) is 5.32 Å². The van der Waals surface area contributed by atoms with Gasteiger partial charge in [-0.1, -0.05) is 42.1 Å². The normalized spacial score (nSPS) is 10.8. The maximum absolute atomic E-state index is 12.4. The van der Waals surface area contributed by atoms with Crippen molar-refractivity contribution in [3.63, 3.8) is 0 Å². The predicted octanol–water partition coefficient (Wildman–Crippen LogP) is 3.96. The van der Waals surface area contributed by atoms with Crippen LogP contribution in [-0.4, -0.2) is 26.6 Å². The number of primary amides is 1. The molecule has 32 heavy (non-hydrogen) atoms. The van der Waals surface area contributed by atoms with Crippen LogP contribution >= 0.6 is 11.8 Å². The largest absolute Gasteiger partial charge is 0.461 e. The molecule has 2 aromatic carbocycles. The van der Waals surface area contributed by atoms with E-state index in [0.717, 1.165) is 11.3 Å². The summed E-state index contributed by atoms with van der Waals surface area (Å²) < 4.78 is 7.26. The second-order valence-corrected chi connectivity index (χ2v) is 7.90. The van der Waals surface area contributed by atoms with Crippen molar-refractivity contribution >= 4 is 29.3 Å². The summed E-state index contributed by atoms with van der Waals surface area (Å²) in [4.78, 5) is 23.7. The lowest BCUT2D eigenvalue weighted by Gasteiger charge is -2.08. The van der Waals surface area contributed by atoms with Crippen LogP contribution in [0.1, 0.15) is 22.3 Å². The standard InChI is InChI=1S/C23H21N5O3S/c24-20(29)12-13-28-21(19-7-4-14-31-19)26-27-23(28)32-15-16-8-10-17(11-9-16)22(30)25-18-5-2-1-3-6-18/h1-11,14H,12-13,15H2,(H2,24,29)(H,25,30). The van der Waals surface area contributed by atoms with E-state index in [9.17, 15) is 9.59 Å². The number of furan rings is 1. The molecule has 0 radical (unpaired) electrons. The van der Waals surface area contributed by atoms with E-state index >= 15 is 0 Å². The minimum absolute atomic E-state index is 0.162. The molecule has 8 nitrogen and oxygen atoms in total. The molecule has 0 saturated heterocycles. The summed E-state index contributed by atoms with van der Waals surface area (Å²) >= 11 is 1.48. The van der Waals surface area contributed by atoms with Gasteiger partial charge in [0.2, 0.25) is 5.91 Å². The summed E-state index contributed by atoms with van der Waals surface area (Å²) in [7, 11) is 0. The number of nitrogens with two attached hydrogens (primary N) is 1. The Hall–Kier alpha value is -3.85. The second-order valence-electron chi connectivity index (χ2n) is 6.96. The number of rotatable bonds is 9. The summed E-state index contributed by atoms with van der Waals surface area (Å²) in [6.45, 7) is 0.360. The minimum atomic E-state index is -0.399. The minimum Gasteiger partial charge on any atom is -0.461 e. The van der Waals surface area contributed by atoms with Gasteiger partial charge >= 0.3 is 0 Å². The van der Waals surface area contributed by atoms with Gasteiger partial charge in [0, 0.05) is 30.0 Å². The lowest BCUT2D eigenvalue weighted by atomic mass is 10.1. The second kappa shape index (κ2) is 9.97. The molecule has 0 fully saturated rings. The molecule has 0 saturated carbocycles. The molecule has 2 heterocycles. The van der Waals surface area contributed by atoms with Gasteiger partial charge in [-0.15, -0.1) is 10.2 Å². The number of hydrogen-bond acceptors (Lipinski definition) is 6. The zero-order valence-corrected chi connectivity index (χ0v) is 17.9. The van der Waals surface area contributed by atoms with E-state index < -0.39 is 5.91 Å². The first-order valence-corrected chi connectivity index (χ1v) is 10.9. The van der Waals surface area contributed by atoms with Crippen molar-refractivity contribution < 1.29 is 14.0 Å². The van der Waals surface area contributed by atoms with Crippen molar-refractivity contribution in [2.24, 2.45) is 5.73 Å². The van der Waals surface area contributed by atoms with E-state index in [0.29, 0.717) is 34.6 Å². The van der Waals surface area contributed by atoms with E-state index in [1.54, 1.807) is 30.5 Å². The molecule has 3 N–H and O–H groups in total. The fraction of sp³-hybridized carbons (Fsp3) is 0.130.